The van der Waals surface area contributed by atoms with Crippen LogP contribution in [0.1, 0.15) is 17.2 Å². The van der Waals surface area contributed by atoms with Gasteiger partial charge in [0, 0.05) is 5.56 Å². The van der Waals surface area contributed by atoms with E-state index in [1.165, 1.54) is 12.1 Å². The van der Waals surface area contributed by atoms with Crippen LogP contribution in [0.15, 0.2) is 60.7 Å². The number of amides is 2. The number of fused-ring (bicyclic) bond motifs is 1. The maximum atomic E-state index is 13.6. The molecule has 0 aromatic heterocycles. The molecule has 4 N–H and O–H groups in total. The number of carbonyl (C=O) groups excluding carboxylic acids is 1. The fourth-order valence-electron chi connectivity index (χ4n) is 2.74. The Morgan fingerprint density at radius 2 is 1.87 bits per heavy atom. The predicted molar refractivity (Wildman–Crippen MR) is 86.6 cm³/mol. The maximum absolute atomic E-state index is 13.6. The number of primary amides is 1. The van der Waals surface area contributed by atoms with Crippen LogP contribution in [0.5, 0.6) is 5.75 Å². The van der Waals surface area contributed by atoms with Crippen molar-refractivity contribution in [2.24, 2.45) is 5.73 Å². The van der Waals surface area contributed by atoms with Crippen LogP contribution in [-0.4, -0.2) is 11.1 Å². The predicted octanol–water partition coefficient (Wildman–Crippen LogP) is 3.44. The SMILES string of the molecule is NC(=O)NC(c1cccc(F)c1)c1c(O)ccc2ccccc12. The van der Waals surface area contributed by atoms with Gasteiger partial charge in [-0.25, -0.2) is 9.18 Å². The van der Waals surface area contributed by atoms with Crippen molar-refractivity contribution in [3.63, 3.8) is 0 Å². The van der Waals surface area contributed by atoms with Gasteiger partial charge in [-0.3, -0.25) is 0 Å². The summed E-state index contributed by atoms with van der Waals surface area (Å²) in [6.07, 6.45) is 0. The Hall–Kier alpha value is -3.08. The minimum atomic E-state index is -0.758. The Morgan fingerprint density at radius 3 is 2.61 bits per heavy atom. The first-order valence-electron chi connectivity index (χ1n) is 7.08. The van der Waals surface area contributed by atoms with Crippen molar-refractivity contribution in [1.82, 2.24) is 5.32 Å². The van der Waals surface area contributed by atoms with E-state index < -0.39 is 17.9 Å². The van der Waals surface area contributed by atoms with Crippen LogP contribution in [0.3, 0.4) is 0 Å². The zero-order valence-corrected chi connectivity index (χ0v) is 12.2. The van der Waals surface area contributed by atoms with Gasteiger partial charge < -0.3 is 16.2 Å². The lowest BCUT2D eigenvalue weighted by molar-refractivity contribution is 0.246. The van der Waals surface area contributed by atoms with Crippen LogP contribution in [0.4, 0.5) is 9.18 Å². The fourth-order valence-corrected chi connectivity index (χ4v) is 2.74. The lowest BCUT2D eigenvalue weighted by Crippen LogP contribution is -2.34. The highest BCUT2D eigenvalue weighted by molar-refractivity contribution is 5.89. The largest absolute Gasteiger partial charge is 0.508 e. The van der Waals surface area contributed by atoms with Gasteiger partial charge in [-0.2, -0.15) is 0 Å². The molecule has 0 aliphatic carbocycles. The number of carbonyl (C=O) groups is 1. The molecule has 23 heavy (non-hydrogen) atoms. The normalized spacial score (nSPS) is 12.0. The topological polar surface area (TPSA) is 75.4 Å². The van der Waals surface area contributed by atoms with Crippen molar-refractivity contribution >= 4 is 16.8 Å². The highest BCUT2D eigenvalue weighted by Gasteiger charge is 2.22. The molecule has 0 bridgehead atoms. The molecular weight excluding hydrogens is 295 g/mol. The first-order chi connectivity index (χ1) is 11.1. The smallest absolute Gasteiger partial charge is 0.312 e. The molecular formula is C18H15FN2O2. The van der Waals surface area contributed by atoms with E-state index in [2.05, 4.69) is 5.32 Å². The molecule has 4 nitrogen and oxygen atoms in total. The monoisotopic (exact) mass is 310 g/mol. The van der Waals surface area contributed by atoms with Gasteiger partial charge >= 0.3 is 6.03 Å². The van der Waals surface area contributed by atoms with Gasteiger partial charge in [0.05, 0.1) is 6.04 Å². The standard InChI is InChI=1S/C18H15FN2O2/c19-13-6-3-5-12(10-13)17(21-18(20)23)16-14-7-2-1-4-11(14)8-9-15(16)22/h1-10,17,22H,(H3,20,21,23). The van der Waals surface area contributed by atoms with Gasteiger partial charge in [0.15, 0.2) is 0 Å². The number of nitrogens with one attached hydrogen (secondary N) is 1. The minimum absolute atomic E-state index is 0.00621. The quantitative estimate of drug-likeness (QED) is 0.693. The minimum Gasteiger partial charge on any atom is -0.508 e. The number of nitrogens with two attached hydrogens (primary N) is 1. The van der Waals surface area contributed by atoms with Crippen molar-refractivity contribution < 1.29 is 14.3 Å². The van der Waals surface area contributed by atoms with E-state index >= 15 is 0 Å². The Morgan fingerprint density at radius 1 is 1.09 bits per heavy atom. The summed E-state index contributed by atoms with van der Waals surface area (Å²) in [5.41, 5.74) is 6.25. The first-order valence-corrected chi connectivity index (χ1v) is 7.08. The molecule has 0 heterocycles. The van der Waals surface area contributed by atoms with Crippen LogP contribution in [-0.2, 0) is 0 Å². The number of phenols is 1. The van der Waals surface area contributed by atoms with Crippen molar-refractivity contribution in [3.8, 4) is 5.75 Å². The van der Waals surface area contributed by atoms with E-state index in [9.17, 15) is 14.3 Å². The van der Waals surface area contributed by atoms with Gasteiger partial charge in [-0.15, -0.1) is 0 Å². The van der Waals surface area contributed by atoms with Crippen molar-refractivity contribution in [2.75, 3.05) is 0 Å². The number of halogens is 1. The number of phenolic OH excluding ortho intramolecular Hbond substituents is 1. The fraction of sp³-hybridized carbons (Fsp3) is 0.0556. The lowest BCUT2D eigenvalue weighted by atomic mass is 9.92. The van der Waals surface area contributed by atoms with Crippen LogP contribution in [0, 0.1) is 5.82 Å². The lowest BCUT2D eigenvalue weighted by Gasteiger charge is -2.21. The molecule has 0 saturated carbocycles. The van der Waals surface area contributed by atoms with E-state index in [4.69, 9.17) is 5.73 Å². The number of rotatable bonds is 3. The van der Waals surface area contributed by atoms with E-state index in [0.29, 0.717) is 11.1 Å². The average molecular weight is 310 g/mol. The Bertz CT molecular complexity index is 880. The molecule has 3 aromatic rings. The van der Waals surface area contributed by atoms with Gasteiger partial charge in [0.25, 0.3) is 0 Å². The zero-order valence-electron chi connectivity index (χ0n) is 12.2. The molecule has 5 heteroatoms. The van der Waals surface area contributed by atoms with E-state index in [1.54, 1.807) is 24.3 Å². The molecule has 0 saturated heterocycles. The number of benzene rings is 3. The van der Waals surface area contributed by atoms with Crippen LogP contribution < -0.4 is 11.1 Å². The second-order valence-electron chi connectivity index (χ2n) is 5.22. The second kappa shape index (κ2) is 5.96. The highest BCUT2D eigenvalue weighted by Crippen LogP contribution is 2.35. The third-order valence-corrected chi connectivity index (χ3v) is 3.70. The van der Waals surface area contributed by atoms with Gasteiger partial charge in [0.1, 0.15) is 11.6 Å². The molecule has 116 valence electrons. The number of hydrogen-bond acceptors (Lipinski definition) is 2. The van der Waals surface area contributed by atoms with E-state index in [0.717, 1.165) is 10.8 Å². The Balaban J connectivity index is 2.25. The molecule has 0 radical (unpaired) electrons. The second-order valence-corrected chi connectivity index (χ2v) is 5.22. The molecule has 3 aromatic carbocycles. The third kappa shape index (κ3) is 2.94. The number of aromatic hydroxyl groups is 1. The summed E-state index contributed by atoms with van der Waals surface area (Å²) in [6, 6.07) is 15.1. The molecule has 0 aliphatic rings. The summed E-state index contributed by atoms with van der Waals surface area (Å²) in [5, 5.41) is 14.6. The summed E-state index contributed by atoms with van der Waals surface area (Å²) in [5.74, 6) is -0.426. The Kier molecular flexibility index (Phi) is 3.85. The summed E-state index contributed by atoms with van der Waals surface area (Å²) in [7, 11) is 0. The van der Waals surface area contributed by atoms with Crippen molar-refractivity contribution in [1.29, 1.82) is 0 Å². The molecule has 3 rings (SSSR count). The van der Waals surface area contributed by atoms with Crippen LogP contribution in [0.2, 0.25) is 0 Å². The summed E-state index contributed by atoms with van der Waals surface area (Å²) in [4.78, 5) is 11.4. The van der Waals surface area contributed by atoms with Crippen LogP contribution in [0.25, 0.3) is 10.8 Å². The number of hydrogen-bond donors (Lipinski definition) is 3. The average Bonchev–Trinajstić information content (AvgIpc) is 2.53. The number of urea groups is 1. The van der Waals surface area contributed by atoms with E-state index in [-0.39, 0.29) is 5.75 Å². The van der Waals surface area contributed by atoms with Crippen molar-refractivity contribution in [2.45, 2.75) is 6.04 Å². The van der Waals surface area contributed by atoms with Gasteiger partial charge in [-0.05, 0) is 34.5 Å². The maximum Gasteiger partial charge on any atom is 0.312 e. The first kappa shape index (κ1) is 14.8. The van der Waals surface area contributed by atoms with Gasteiger partial charge in [-0.1, -0.05) is 42.5 Å². The van der Waals surface area contributed by atoms with E-state index in [1.807, 2.05) is 24.3 Å². The van der Waals surface area contributed by atoms with Crippen LogP contribution >= 0.6 is 0 Å². The summed E-state index contributed by atoms with van der Waals surface area (Å²) >= 11 is 0. The summed E-state index contributed by atoms with van der Waals surface area (Å²) in [6.45, 7) is 0. The highest BCUT2D eigenvalue weighted by atomic mass is 19.1. The summed E-state index contributed by atoms with van der Waals surface area (Å²) < 4.78 is 13.6. The van der Waals surface area contributed by atoms with Crippen molar-refractivity contribution in [3.05, 3.63) is 77.6 Å². The Labute approximate surface area is 132 Å². The molecule has 1 atom stereocenters. The molecule has 1 unspecified atom stereocenters. The molecule has 0 spiro atoms. The zero-order chi connectivity index (χ0) is 16.4. The molecule has 0 aliphatic heterocycles. The van der Waals surface area contributed by atoms with Gasteiger partial charge in [0.2, 0.25) is 0 Å². The molecule has 2 amide bonds. The molecule has 0 fully saturated rings. The third-order valence-electron chi connectivity index (χ3n) is 3.70.